The molecule has 0 bridgehead atoms. The first-order valence-electron chi connectivity index (χ1n) is 7.49. The van der Waals surface area contributed by atoms with Crippen LogP contribution in [0, 0.1) is 11.8 Å². The summed E-state index contributed by atoms with van der Waals surface area (Å²) in [6, 6.07) is 0. The minimum Gasteiger partial charge on any atom is -0.316 e. The van der Waals surface area contributed by atoms with Crippen molar-refractivity contribution < 1.29 is 8.42 Å². The summed E-state index contributed by atoms with van der Waals surface area (Å²) in [6.45, 7) is 7.84. The molecule has 0 aromatic rings. The summed E-state index contributed by atoms with van der Waals surface area (Å²) in [4.78, 5) is 2.38. The average Bonchev–Trinajstić information content (AvgIpc) is 2.85. The standard InChI is InChI=1S/C13H27N3O2S/c1-2-16-7-5-12(10-16)9-15-19(17,18)11-13-4-3-6-14-8-13/h12-15H,2-11H2,1H3. The minimum absolute atomic E-state index is 0.280. The summed E-state index contributed by atoms with van der Waals surface area (Å²) in [5.74, 6) is 1.05. The molecular formula is C13H27N3O2S. The van der Waals surface area contributed by atoms with Crippen LogP contribution < -0.4 is 10.0 Å². The number of rotatable bonds is 6. The van der Waals surface area contributed by atoms with Gasteiger partial charge in [0.15, 0.2) is 0 Å². The lowest BCUT2D eigenvalue weighted by Crippen LogP contribution is -2.39. The second-order valence-corrected chi connectivity index (χ2v) is 7.74. The fraction of sp³-hybridized carbons (Fsp3) is 1.00. The van der Waals surface area contributed by atoms with Gasteiger partial charge in [-0.2, -0.15) is 0 Å². The maximum absolute atomic E-state index is 12.1. The van der Waals surface area contributed by atoms with Crippen LogP contribution in [0.25, 0.3) is 0 Å². The molecule has 0 saturated carbocycles. The largest absolute Gasteiger partial charge is 0.316 e. The molecular weight excluding hydrogens is 262 g/mol. The molecule has 0 aliphatic carbocycles. The molecule has 19 heavy (non-hydrogen) atoms. The fourth-order valence-corrected chi connectivity index (χ4v) is 4.56. The third kappa shape index (κ3) is 5.02. The van der Waals surface area contributed by atoms with E-state index in [9.17, 15) is 8.42 Å². The van der Waals surface area contributed by atoms with Crippen LogP contribution in [0.1, 0.15) is 26.2 Å². The Morgan fingerprint density at radius 1 is 1.32 bits per heavy atom. The number of sulfonamides is 1. The predicted octanol–water partition coefficient (Wildman–Crippen LogP) is 0.247. The Hall–Kier alpha value is -0.170. The van der Waals surface area contributed by atoms with Gasteiger partial charge in [0.25, 0.3) is 0 Å². The third-order valence-electron chi connectivity index (χ3n) is 4.26. The number of hydrogen-bond acceptors (Lipinski definition) is 4. The van der Waals surface area contributed by atoms with E-state index in [1.54, 1.807) is 0 Å². The van der Waals surface area contributed by atoms with E-state index in [4.69, 9.17) is 0 Å². The second-order valence-electron chi connectivity index (χ2n) is 5.89. The molecule has 2 rings (SSSR count). The Bertz CT molecular complexity index is 366. The average molecular weight is 289 g/mol. The Morgan fingerprint density at radius 2 is 2.16 bits per heavy atom. The number of nitrogens with zero attached hydrogens (tertiary/aromatic N) is 1. The van der Waals surface area contributed by atoms with Gasteiger partial charge in [0.05, 0.1) is 5.75 Å². The van der Waals surface area contributed by atoms with Crippen LogP contribution in [0.2, 0.25) is 0 Å². The normalized spacial score (nSPS) is 29.7. The Labute approximate surface area is 117 Å². The van der Waals surface area contributed by atoms with E-state index in [2.05, 4.69) is 21.9 Å². The molecule has 2 heterocycles. The lowest BCUT2D eigenvalue weighted by molar-refractivity contribution is 0.342. The summed E-state index contributed by atoms with van der Waals surface area (Å²) in [5, 5.41) is 3.27. The van der Waals surface area contributed by atoms with E-state index in [1.807, 2.05) is 0 Å². The predicted molar refractivity (Wildman–Crippen MR) is 77.6 cm³/mol. The van der Waals surface area contributed by atoms with Gasteiger partial charge < -0.3 is 10.2 Å². The molecule has 2 atom stereocenters. The molecule has 2 aliphatic heterocycles. The van der Waals surface area contributed by atoms with Gasteiger partial charge in [0.1, 0.15) is 0 Å². The Balaban J connectivity index is 1.71. The zero-order valence-corrected chi connectivity index (χ0v) is 12.7. The van der Waals surface area contributed by atoms with Gasteiger partial charge in [-0.15, -0.1) is 0 Å². The molecule has 2 aliphatic rings. The second kappa shape index (κ2) is 7.02. The van der Waals surface area contributed by atoms with E-state index in [1.165, 1.54) is 0 Å². The molecule has 0 aromatic heterocycles. The molecule has 0 radical (unpaired) electrons. The van der Waals surface area contributed by atoms with Gasteiger partial charge in [0, 0.05) is 13.1 Å². The maximum Gasteiger partial charge on any atom is 0.211 e. The Kier molecular flexibility index (Phi) is 5.62. The lowest BCUT2D eigenvalue weighted by Gasteiger charge is -2.23. The summed E-state index contributed by atoms with van der Waals surface area (Å²) in [5.41, 5.74) is 0. The molecule has 0 amide bonds. The van der Waals surface area contributed by atoms with Crippen molar-refractivity contribution >= 4 is 10.0 Å². The summed E-state index contributed by atoms with van der Waals surface area (Å²) >= 11 is 0. The highest BCUT2D eigenvalue weighted by atomic mass is 32.2. The quantitative estimate of drug-likeness (QED) is 0.736. The van der Waals surface area contributed by atoms with E-state index >= 15 is 0 Å². The van der Waals surface area contributed by atoms with Gasteiger partial charge in [-0.1, -0.05) is 6.92 Å². The summed E-state index contributed by atoms with van der Waals surface area (Å²) < 4.78 is 26.9. The van der Waals surface area contributed by atoms with Gasteiger partial charge >= 0.3 is 0 Å². The lowest BCUT2D eigenvalue weighted by atomic mass is 10.0. The van der Waals surface area contributed by atoms with E-state index in [0.29, 0.717) is 12.5 Å². The topological polar surface area (TPSA) is 61.4 Å². The molecule has 2 fully saturated rings. The Morgan fingerprint density at radius 3 is 2.79 bits per heavy atom. The van der Waals surface area contributed by atoms with Crippen LogP contribution in [-0.4, -0.2) is 58.3 Å². The zero-order valence-electron chi connectivity index (χ0n) is 11.9. The first-order chi connectivity index (χ1) is 9.09. The van der Waals surface area contributed by atoms with Crippen molar-refractivity contribution in [2.45, 2.75) is 26.2 Å². The third-order valence-corrected chi connectivity index (χ3v) is 5.78. The fourth-order valence-electron chi connectivity index (χ4n) is 3.05. The van der Waals surface area contributed by atoms with Crippen molar-refractivity contribution in [2.75, 3.05) is 45.0 Å². The molecule has 0 spiro atoms. The summed E-state index contributed by atoms with van der Waals surface area (Å²) in [6.07, 6.45) is 3.23. The van der Waals surface area contributed by atoms with Crippen LogP contribution in [0.5, 0.6) is 0 Å². The molecule has 2 saturated heterocycles. The van der Waals surface area contributed by atoms with Crippen molar-refractivity contribution in [2.24, 2.45) is 11.8 Å². The van der Waals surface area contributed by atoms with Gasteiger partial charge in [-0.25, -0.2) is 13.1 Å². The minimum atomic E-state index is -3.10. The molecule has 5 nitrogen and oxygen atoms in total. The monoisotopic (exact) mass is 289 g/mol. The SMILES string of the molecule is CCN1CCC(CNS(=O)(=O)CC2CCCNC2)C1. The van der Waals surface area contributed by atoms with E-state index in [0.717, 1.165) is 52.0 Å². The van der Waals surface area contributed by atoms with Gasteiger partial charge in [-0.05, 0) is 57.3 Å². The highest BCUT2D eigenvalue weighted by molar-refractivity contribution is 7.89. The first-order valence-corrected chi connectivity index (χ1v) is 9.14. The number of piperidine rings is 1. The number of likely N-dealkylation sites (tertiary alicyclic amines) is 1. The number of hydrogen-bond donors (Lipinski definition) is 2. The van der Waals surface area contributed by atoms with Crippen LogP contribution in [-0.2, 0) is 10.0 Å². The molecule has 0 aromatic carbocycles. The van der Waals surface area contributed by atoms with Crippen LogP contribution >= 0.6 is 0 Å². The molecule has 2 unspecified atom stereocenters. The highest BCUT2D eigenvalue weighted by Gasteiger charge is 2.25. The summed E-state index contributed by atoms with van der Waals surface area (Å²) in [7, 11) is -3.10. The van der Waals surface area contributed by atoms with Crippen molar-refractivity contribution in [1.29, 1.82) is 0 Å². The van der Waals surface area contributed by atoms with Crippen molar-refractivity contribution in [1.82, 2.24) is 14.9 Å². The highest BCUT2D eigenvalue weighted by Crippen LogP contribution is 2.16. The molecule has 6 heteroatoms. The van der Waals surface area contributed by atoms with Crippen LogP contribution in [0.15, 0.2) is 0 Å². The van der Waals surface area contributed by atoms with Crippen molar-refractivity contribution in [3.8, 4) is 0 Å². The maximum atomic E-state index is 12.1. The first kappa shape index (κ1) is 15.2. The smallest absolute Gasteiger partial charge is 0.211 e. The van der Waals surface area contributed by atoms with Crippen molar-refractivity contribution in [3.63, 3.8) is 0 Å². The zero-order chi connectivity index (χ0) is 13.7. The van der Waals surface area contributed by atoms with Crippen LogP contribution in [0.3, 0.4) is 0 Å². The van der Waals surface area contributed by atoms with Crippen LogP contribution in [0.4, 0.5) is 0 Å². The number of nitrogens with one attached hydrogen (secondary N) is 2. The van der Waals surface area contributed by atoms with Gasteiger partial charge in [0.2, 0.25) is 10.0 Å². The van der Waals surface area contributed by atoms with Crippen molar-refractivity contribution in [3.05, 3.63) is 0 Å². The van der Waals surface area contributed by atoms with Gasteiger partial charge in [-0.3, -0.25) is 0 Å². The molecule has 2 N–H and O–H groups in total. The molecule has 112 valence electrons. The van der Waals surface area contributed by atoms with E-state index in [-0.39, 0.29) is 11.7 Å². The van der Waals surface area contributed by atoms with E-state index < -0.39 is 10.0 Å².